The minimum Gasteiger partial charge on any atom is -0.324 e. The van der Waals surface area contributed by atoms with Gasteiger partial charge < -0.3 is 4.57 Å². The second kappa shape index (κ2) is 18.3. The average molecular weight is 747 g/mol. The van der Waals surface area contributed by atoms with E-state index in [0.717, 1.165) is 35.5 Å². The van der Waals surface area contributed by atoms with Crippen LogP contribution in [0.4, 0.5) is 0 Å². The van der Waals surface area contributed by atoms with Crippen LogP contribution in [-0.2, 0) is 13.0 Å². The summed E-state index contributed by atoms with van der Waals surface area (Å²) < 4.78 is 3.77. The van der Waals surface area contributed by atoms with Crippen LogP contribution in [0.5, 0.6) is 0 Å². The lowest BCUT2D eigenvalue weighted by Gasteiger charge is -2.61. The van der Waals surface area contributed by atoms with E-state index in [2.05, 4.69) is 61.0 Å². The van der Waals surface area contributed by atoms with Gasteiger partial charge in [0.2, 0.25) is 0 Å². The van der Waals surface area contributed by atoms with Gasteiger partial charge in [-0.3, -0.25) is 0 Å². The zero-order valence-corrected chi connectivity index (χ0v) is 33.3. The number of nitrogens with zero attached hydrogens (tertiary/aromatic N) is 2. The van der Waals surface area contributed by atoms with Gasteiger partial charge in [0.05, 0.1) is 0 Å². The van der Waals surface area contributed by atoms with Gasteiger partial charge in [0, 0.05) is 18.4 Å². The molecule has 0 aliphatic heterocycles. The van der Waals surface area contributed by atoms with Gasteiger partial charge in [0.1, 0.15) is 0 Å². The van der Waals surface area contributed by atoms with Crippen molar-refractivity contribution >= 4 is 22.6 Å². The number of halogens is 1. The van der Waals surface area contributed by atoms with Crippen LogP contribution in [0.3, 0.4) is 0 Å². The van der Waals surface area contributed by atoms with Crippen LogP contribution in [0.15, 0.2) is 6.20 Å². The number of hydrogen-bond donors (Lipinski definition) is 0. The molecule has 8 atom stereocenters. The maximum Gasteiger partial charge on any atom is 0.171 e. The Hall–Kier alpha value is -0.0600. The summed E-state index contributed by atoms with van der Waals surface area (Å²) in [5, 5.41) is 0. The van der Waals surface area contributed by atoms with Crippen molar-refractivity contribution in [2.75, 3.05) is 0 Å². The third-order valence-corrected chi connectivity index (χ3v) is 15.9. The van der Waals surface area contributed by atoms with Crippen molar-refractivity contribution in [3.63, 3.8) is 0 Å². The lowest BCUT2D eigenvalue weighted by atomic mass is 9.44. The fraction of sp³-hybridized carbons (Fsp3) is 0.930. The smallest absolute Gasteiger partial charge is 0.171 e. The zero-order valence-electron chi connectivity index (χ0n) is 31.1. The lowest BCUT2D eigenvalue weighted by Crippen LogP contribution is -2.53. The molecule has 1 unspecified atom stereocenters. The SMILES string of the molecule is CCCCCCCCCCCCCCCCn1c(CCC[C@@H](C)[C@H]2CC[C@H]3[C@@H]4CCC5CCCC[C@]5(C)[C@H]4CC[C@]23C)cnc1I. The van der Waals surface area contributed by atoms with Crippen molar-refractivity contribution in [3.8, 4) is 0 Å². The molecule has 4 aliphatic carbocycles. The molecule has 0 spiro atoms. The Morgan fingerprint density at radius 3 is 2.09 bits per heavy atom. The Labute approximate surface area is 300 Å². The van der Waals surface area contributed by atoms with Gasteiger partial charge in [-0.25, -0.2) is 4.98 Å². The molecule has 4 aliphatic rings. The highest BCUT2D eigenvalue weighted by molar-refractivity contribution is 14.1. The molecule has 0 N–H and O–H groups in total. The Morgan fingerprint density at radius 1 is 0.739 bits per heavy atom. The molecule has 4 saturated carbocycles. The highest BCUT2D eigenvalue weighted by atomic mass is 127. The van der Waals surface area contributed by atoms with Crippen molar-refractivity contribution < 1.29 is 0 Å². The molecule has 0 aromatic carbocycles. The summed E-state index contributed by atoms with van der Waals surface area (Å²) in [7, 11) is 0. The van der Waals surface area contributed by atoms with E-state index >= 15 is 0 Å². The summed E-state index contributed by atoms with van der Waals surface area (Å²) in [5.41, 5.74) is 2.79. The summed E-state index contributed by atoms with van der Waals surface area (Å²) >= 11 is 2.48. The molecule has 0 radical (unpaired) electrons. The fourth-order valence-electron chi connectivity index (χ4n) is 12.4. The molecule has 3 heteroatoms. The Morgan fingerprint density at radius 2 is 1.39 bits per heavy atom. The molecular formula is C43H75IN2. The summed E-state index contributed by atoms with van der Waals surface area (Å²) in [6, 6.07) is 0. The maximum atomic E-state index is 4.76. The molecule has 0 bridgehead atoms. The van der Waals surface area contributed by atoms with Gasteiger partial charge in [-0.2, -0.15) is 0 Å². The number of rotatable bonds is 20. The maximum absolute atomic E-state index is 4.76. The number of aromatic nitrogens is 2. The van der Waals surface area contributed by atoms with E-state index in [9.17, 15) is 0 Å². The summed E-state index contributed by atoms with van der Waals surface area (Å²) in [5.74, 6) is 5.98. The predicted octanol–water partition coefficient (Wildman–Crippen LogP) is 14.0. The largest absolute Gasteiger partial charge is 0.324 e. The molecule has 264 valence electrons. The van der Waals surface area contributed by atoms with E-state index in [4.69, 9.17) is 4.98 Å². The normalized spacial score (nSPS) is 33.0. The van der Waals surface area contributed by atoms with Gasteiger partial charge in [0.15, 0.2) is 3.83 Å². The number of unbranched alkanes of at least 4 members (excludes halogenated alkanes) is 13. The van der Waals surface area contributed by atoms with Crippen LogP contribution in [0.2, 0.25) is 0 Å². The van der Waals surface area contributed by atoms with Gasteiger partial charge in [-0.15, -0.1) is 0 Å². The minimum absolute atomic E-state index is 0.615. The first kappa shape index (κ1) is 37.2. The van der Waals surface area contributed by atoms with E-state index in [-0.39, 0.29) is 0 Å². The number of imidazole rings is 1. The monoisotopic (exact) mass is 746 g/mol. The highest BCUT2D eigenvalue weighted by Crippen LogP contribution is 2.68. The third kappa shape index (κ3) is 8.99. The summed E-state index contributed by atoms with van der Waals surface area (Å²) in [4.78, 5) is 4.76. The van der Waals surface area contributed by atoms with E-state index in [1.807, 2.05) is 0 Å². The Balaban J connectivity index is 0.979. The van der Waals surface area contributed by atoms with Crippen LogP contribution in [0.1, 0.15) is 200 Å². The van der Waals surface area contributed by atoms with E-state index in [1.165, 1.54) is 164 Å². The standard InChI is InChI=1S/C43H75IN2/c1-5-6-7-8-9-10-11-12-13-14-15-16-17-20-32-46-36(33-45-41(46)44)24-21-22-34(2)38-27-28-39-37-26-25-35-23-18-19-30-42(35,3)40(37)29-31-43(38,39)4/h33-35,37-40H,5-32H2,1-4H3/t34-,35?,37+,38-,39+,40+,42+,43-/m1/s1. The molecule has 1 heterocycles. The minimum atomic E-state index is 0.615. The number of hydrogen-bond acceptors (Lipinski definition) is 1. The van der Waals surface area contributed by atoms with Crippen LogP contribution in [0, 0.1) is 50.2 Å². The van der Waals surface area contributed by atoms with Gasteiger partial charge in [0.25, 0.3) is 0 Å². The topological polar surface area (TPSA) is 17.8 Å². The molecule has 46 heavy (non-hydrogen) atoms. The molecule has 5 rings (SSSR count). The highest BCUT2D eigenvalue weighted by Gasteiger charge is 2.60. The van der Waals surface area contributed by atoms with Crippen LogP contribution < -0.4 is 0 Å². The molecular weight excluding hydrogens is 671 g/mol. The van der Waals surface area contributed by atoms with Gasteiger partial charge in [-0.1, -0.05) is 130 Å². The van der Waals surface area contributed by atoms with E-state index in [0.29, 0.717) is 10.8 Å². The van der Waals surface area contributed by atoms with Crippen molar-refractivity contribution in [3.05, 3.63) is 15.7 Å². The first-order valence-electron chi connectivity index (χ1n) is 21.1. The van der Waals surface area contributed by atoms with E-state index in [1.54, 1.807) is 25.7 Å². The fourth-order valence-corrected chi connectivity index (χ4v) is 13.1. The molecule has 1 aromatic heterocycles. The van der Waals surface area contributed by atoms with Crippen LogP contribution >= 0.6 is 22.6 Å². The molecule has 0 amide bonds. The Bertz CT molecular complexity index is 1020. The first-order valence-corrected chi connectivity index (χ1v) is 22.2. The van der Waals surface area contributed by atoms with Gasteiger partial charge >= 0.3 is 0 Å². The third-order valence-electron chi connectivity index (χ3n) is 15.1. The summed E-state index contributed by atoms with van der Waals surface area (Å²) in [6.07, 6.45) is 41.5. The average Bonchev–Trinajstić information content (AvgIpc) is 3.59. The quantitative estimate of drug-likeness (QED) is 0.0960. The van der Waals surface area contributed by atoms with Crippen molar-refractivity contribution in [1.29, 1.82) is 0 Å². The molecule has 2 nitrogen and oxygen atoms in total. The molecule has 4 fully saturated rings. The second-order valence-corrected chi connectivity index (χ2v) is 18.7. The molecule has 1 aromatic rings. The first-order chi connectivity index (χ1) is 22.4. The Kier molecular flexibility index (Phi) is 14.8. The lowest BCUT2D eigenvalue weighted by molar-refractivity contribution is -0.114. The predicted molar refractivity (Wildman–Crippen MR) is 207 cm³/mol. The number of aryl methyl sites for hydroxylation is 1. The zero-order chi connectivity index (χ0) is 32.4. The van der Waals surface area contributed by atoms with Crippen molar-refractivity contribution in [2.24, 2.45) is 46.3 Å². The van der Waals surface area contributed by atoms with Crippen LogP contribution in [-0.4, -0.2) is 9.55 Å². The molecule has 0 saturated heterocycles. The van der Waals surface area contributed by atoms with Crippen LogP contribution in [0.25, 0.3) is 0 Å². The van der Waals surface area contributed by atoms with Crippen molar-refractivity contribution in [1.82, 2.24) is 9.55 Å². The van der Waals surface area contributed by atoms with E-state index < -0.39 is 0 Å². The number of fused-ring (bicyclic) bond motifs is 5. The summed E-state index contributed by atoms with van der Waals surface area (Å²) in [6.45, 7) is 11.6. The van der Waals surface area contributed by atoms with Crippen molar-refractivity contribution in [2.45, 2.75) is 208 Å². The van der Waals surface area contributed by atoms with Gasteiger partial charge in [-0.05, 0) is 140 Å². The second-order valence-electron chi connectivity index (χ2n) is 17.8.